The Balaban J connectivity index is 1.37. The summed E-state index contributed by atoms with van der Waals surface area (Å²) in [5, 5.41) is 25.6. The number of fused-ring (bicyclic) bond motifs is 1. The van der Waals surface area contributed by atoms with Gasteiger partial charge in [-0.25, -0.2) is 4.68 Å². The number of aliphatic hydroxyl groups excluding tert-OH is 2. The van der Waals surface area contributed by atoms with E-state index in [0.717, 1.165) is 32.8 Å². The fraction of sp³-hybridized carbons (Fsp3) is 0.275. The number of benzene rings is 4. The molecule has 252 valence electrons. The molecule has 1 aliphatic carbocycles. The minimum Gasteiger partial charge on any atom is -0.392 e. The van der Waals surface area contributed by atoms with Crippen LogP contribution in [0.2, 0.25) is 0 Å². The average molecular weight is 666 g/mol. The summed E-state index contributed by atoms with van der Waals surface area (Å²) in [6.07, 6.45) is -4.74. The molecule has 1 saturated carbocycles. The predicted octanol–water partition coefficient (Wildman–Crippen LogP) is 7.16. The van der Waals surface area contributed by atoms with Crippen LogP contribution in [-0.2, 0) is 24.4 Å². The second-order valence-electron chi connectivity index (χ2n) is 13.4. The van der Waals surface area contributed by atoms with Gasteiger partial charge in [0.1, 0.15) is 5.69 Å². The zero-order valence-corrected chi connectivity index (χ0v) is 27.2. The van der Waals surface area contributed by atoms with Crippen LogP contribution in [0.1, 0.15) is 47.7 Å². The molecular weight excluding hydrogens is 627 g/mol. The summed E-state index contributed by atoms with van der Waals surface area (Å²) >= 11 is 0. The molecule has 0 bridgehead atoms. The zero-order valence-electron chi connectivity index (χ0n) is 27.2. The van der Waals surface area contributed by atoms with Crippen LogP contribution < -0.4 is 10.5 Å². The SMILES string of the molecule is CC(C)N1C(=CC2C(O)C(c3c(C(F)(F)F)[nH]n(-c4ccccc4)c3=O)C2O)C(Cc2ccccc2)(Cc2ccccc2)c2ccccc21. The van der Waals surface area contributed by atoms with Gasteiger partial charge in [0.15, 0.2) is 0 Å². The number of H-pyrrole nitrogens is 1. The first-order chi connectivity index (χ1) is 23.5. The minimum absolute atomic E-state index is 0.0226. The second-order valence-corrected chi connectivity index (χ2v) is 13.4. The Labute approximate surface area is 282 Å². The number of hydrogen-bond acceptors (Lipinski definition) is 4. The van der Waals surface area contributed by atoms with Crippen molar-refractivity contribution in [3.8, 4) is 5.69 Å². The summed E-state index contributed by atoms with van der Waals surface area (Å²) < 4.78 is 44.0. The Bertz CT molecular complexity index is 1970. The van der Waals surface area contributed by atoms with Crippen molar-refractivity contribution in [3.63, 3.8) is 0 Å². The number of rotatable bonds is 8. The highest BCUT2D eigenvalue weighted by atomic mass is 19.4. The number of aromatic nitrogens is 2. The molecular formula is C40H38F3N3O3. The number of anilines is 1. The molecule has 5 aromatic rings. The van der Waals surface area contributed by atoms with Crippen LogP contribution in [0, 0.1) is 5.92 Å². The molecule has 0 radical (unpaired) electrons. The highest BCUT2D eigenvalue weighted by molar-refractivity contribution is 5.73. The molecule has 1 fully saturated rings. The topological polar surface area (TPSA) is 81.5 Å². The van der Waals surface area contributed by atoms with Gasteiger partial charge in [-0.15, -0.1) is 0 Å². The third-order valence-corrected chi connectivity index (χ3v) is 10.1. The molecule has 3 N–H and O–H groups in total. The van der Waals surface area contributed by atoms with Gasteiger partial charge in [0.05, 0.1) is 23.5 Å². The fourth-order valence-electron chi connectivity index (χ4n) is 7.90. The number of nitrogens with zero attached hydrogens (tertiary/aromatic N) is 2. The number of alkyl halides is 3. The lowest BCUT2D eigenvalue weighted by Gasteiger charge is -2.46. The van der Waals surface area contributed by atoms with Gasteiger partial charge in [-0.1, -0.05) is 103 Å². The van der Waals surface area contributed by atoms with Crippen molar-refractivity contribution < 1.29 is 23.4 Å². The van der Waals surface area contributed by atoms with Crippen molar-refractivity contribution in [2.24, 2.45) is 5.92 Å². The van der Waals surface area contributed by atoms with E-state index in [-0.39, 0.29) is 11.7 Å². The quantitative estimate of drug-likeness (QED) is 0.164. The molecule has 2 heterocycles. The second kappa shape index (κ2) is 12.5. The van der Waals surface area contributed by atoms with Gasteiger partial charge in [-0.2, -0.15) is 13.2 Å². The summed E-state index contributed by atoms with van der Waals surface area (Å²) in [6.45, 7) is 4.15. The maximum absolute atomic E-state index is 14.4. The maximum Gasteiger partial charge on any atom is 0.433 e. The van der Waals surface area contributed by atoms with Gasteiger partial charge in [0.25, 0.3) is 5.56 Å². The number of hydrogen-bond donors (Lipinski definition) is 3. The monoisotopic (exact) mass is 665 g/mol. The van der Waals surface area contributed by atoms with Crippen LogP contribution >= 0.6 is 0 Å². The van der Waals surface area contributed by atoms with Crippen molar-refractivity contribution in [2.75, 3.05) is 4.90 Å². The van der Waals surface area contributed by atoms with Gasteiger partial charge in [0, 0.05) is 34.7 Å². The van der Waals surface area contributed by atoms with E-state index in [2.05, 4.69) is 60.2 Å². The van der Waals surface area contributed by atoms with Crippen molar-refractivity contribution in [3.05, 3.63) is 165 Å². The molecule has 9 heteroatoms. The third-order valence-electron chi connectivity index (χ3n) is 10.1. The van der Waals surface area contributed by atoms with Crippen LogP contribution in [0.5, 0.6) is 0 Å². The number of aromatic amines is 1. The van der Waals surface area contributed by atoms with Gasteiger partial charge >= 0.3 is 6.18 Å². The summed E-state index contributed by atoms with van der Waals surface area (Å²) in [5.41, 5.74) is 1.85. The lowest BCUT2D eigenvalue weighted by Crippen LogP contribution is -2.55. The molecule has 0 saturated heterocycles. The van der Waals surface area contributed by atoms with E-state index in [1.807, 2.05) is 54.6 Å². The maximum atomic E-state index is 14.4. The molecule has 2 atom stereocenters. The van der Waals surface area contributed by atoms with Crippen molar-refractivity contribution in [1.82, 2.24) is 9.78 Å². The Kier molecular flexibility index (Phi) is 8.37. The van der Waals surface area contributed by atoms with Crippen LogP contribution in [0.25, 0.3) is 5.69 Å². The number of nitrogens with one attached hydrogen (secondary N) is 1. The Morgan fingerprint density at radius 1 is 0.796 bits per heavy atom. The molecule has 1 aromatic heterocycles. The summed E-state index contributed by atoms with van der Waals surface area (Å²) in [6, 6.07) is 36.4. The lowest BCUT2D eigenvalue weighted by atomic mass is 9.63. The Hall–Kier alpha value is -4.86. The van der Waals surface area contributed by atoms with Gasteiger partial charge in [-0.05, 0) is 61.6 Å². The molecule has 1 aliphatic heterocycles. The fourth-order valence-corrected chi connectivity index (χ4v) is 7.90. The van der Waals surface area contributed by atoms with E-state index < -0.39 is 52.5 Å². The summed E-state index contributed by atoms with van der Waals surface area (Å²) in [4.78, 5) is 15.8. The number of allylic oxidation sites excluding steroid dienone is 1. The van der Waals surface area contributed by atoms with E-state index in [9.17, 15) is 28.2 Å². The van der Waals surface area contributed by atoms with E-state index in [4.69, 9.17) is 0 Å². The summed E-state index contributed by atoms with van der Waals surface area (Å²) in [7, 11) is 0. The molecule has 2 unspecified atom stereocenters. The predicted molar refractivity (Wildman–Crippen MR) is 184 cm³/mol. The zero-order chi connectivity index (χ0) is 34.5. The van der Waals surface area contributed by atoms with Gasteiger partial charge < -0.3 is 15.1 Å². The van der Waals surface area contributed by atoms with E-state index in [1.165, 1.54) is 12.1 Å². The first-order valence-corrected chi connectivity index (χ1v) is 16.5. The Morgan fingerprint density at radius 2 is 1.31 bits per heavy atom. The standard InChI is InChI=1S/C40H38F3N3O3/c1-25(2)45-31-21-13-12-20-30(31)39(23-26-14-6-3-7-15-26,24-27-16-8-4-9-17-27)32(45)22-29-35(47)33(36(29)48)34-37(40(41,42)43)44-46(38(34)49)28-18-10-5-11-19-28/h3-22,25,29,33,35-36,44,47-48H,23-24H2,1-2H3. The minimum atomic E-state index is -4.92. The van der Waals surface area contributed by atoms with Gasteiger partial charge in [-0.3, -0.25) is 9.89 Å². The molecule has 6 nitrogen and oxygen atoms in total. The third kappa shape index (κ3) is 5.60. The van der Waals surface area contributed by atoms with Crippen LogP contribution in [-0.4, -0.2) is 38.2 Å². The van der Waals surface area contributed by atoms with Crippen LogP contribution in [0.3, 0.4) is 0 Å². The number of para-hydroxylation sites is 2. The number of halogens is 3. The van der Waals surface area contributed by atoms with Crippen LogP contribution in [0.4, 0.5) is 18.9 Å². The smallest absolute Gasteiger partial charge is 0.392 e. The Morgan fingerprint density at radius 3 is 1.84 bits per heavy atom. The van der Waals surface area contributed by atoms with E-state index in [0.29, 0.717) is 12.8 Å². The largest absolute Gasteiger partial charge is 0.433 e. The molecule has 7 rings (SSSR count). The first kappa shape index (κ1) is 32.7. The normalized spacial score (nSPS) is 22.4. The van der Waals surface area contributed by atoms with Gasteiger partial charge in [0.2, 0.25) is 0 Å². The molecule has 49 heavy (non-hydrogen) atoms. The van der Waals surface area contributed by atoms with E-state index >= 15 is 0 Å². The van der Waals surface area contributed by atoms with Crippen LogP contribution in [0.15, 0.2) is 132 Å². The average Bonchev–Trinajstić information content (AvgIpc) is 3.57. The first-order valence-electron chi connectivity index (χ1n) is 16.5. The highest BCUT2D eigenvalue weighted by Gasteiger charge is 2.56. The number of aliphatic hydroxyl groups is 2. The highest BCUT2D eigenvalue weighted by Crippen LogP contribution is 2.55. The lowest BCUT2D eigenvalue weighted by molar-refractivity contribution is -0.145. The molecule has 0 amide bonds. The van der Waals surface area contributed by atoms with Crippen molar-refractivity contribution in [1.29, 1.82) is 0 Å². The molecule has 4 aromatic carbocycles. The van der Waals surface area contributed by atoms with Crippen molar-refractivity contribution in [2.45, 2.75) is 62.4 Å². The van der Waals surface area contributed by atoms with E-state index in [1.54, 1.807) is 18.2 Å². The summed E-state index contributed by atoms with van der Waals surface area (Å²) in [5.74, 6) is -2.37. The molecule has 2 aliphatic rings. The van der Waals surface area contributed by atoms with Crippen molar-refractivity contribution >= 4 is 5.69 Å². The molecule has 0 spiro atoms.